The third kappa shape index (κ3) is 3.54. The van der Waals surface area contributed by atoms with Crippen LogP contribution in [-0.4, -0.2) is 71.5 Å². The van der Waals surface area contributed by atoms with Crippen LogP contribution >= 0.6 is 22.6 Å². The molecule has 0 radical (unpaired) electrons. The minimum atomic E-state index is 0.289. The van der Waals surface area contributed by atoms with Crippen LogP contribution in [0.1, 0.15) is 12.8 Å². The first-order chi connectivity index (χ1) is 8.20. The first-order valence-corrected chi connectivity index (χ1v) is 7.99. The fourth-order valence-electron chi connectivity index (χ4n) is 2.60. The van der Waals surface area contributed by atoms with Crippen LogP contribution in [0.25, 0.3) is 0 Å². The molecule has 2 aliphatic rings. The van der Waals surface area contributed by atoms with E-state index < -0.39 is 0 Å². The topological polar surface area (TPSA) is 26.8 Å². The lowest BCUT2D eigenvalue weighted by Gasteiger charge is -2.37. The summed E-state index contributed by atoms with van der Waals surface area (Å²) in [5.41, 5.74) is 0. The van der Waals surface area contributed by atoms with Crippen LogP contribution in [0.3, 0.4) is 0 Å². The van der Waals surface area contributed by atoms with Gasteiger partial charge >= 0.3 is 0 Å². The molecule has 2 saturated heterocycles. The highest BCUT2D eigenvalue weighted by Gasteiger charge is 2.29. The predicted molar refractivity (Wildman–Crippen MR) is 77.3 cm³/mol. The number of nitrogens with zero attached hydrogens (tertiary/aromatic N) is 3. The van der Waals surface area contributed by atoms with Gasteiger partial charge in [0.05, 0.1) is 4.55 Å². The van der Waals surface area contributed by atoms with E-state index >= 15 is 0 Å². The molecule has 98 valence electrons. The highest BCUT2D eigenvalue weighted by atomic mass is 127. The van der Waals surface area contributed by atoms with E-state index in [2.05, 4.69) is 44.3 Å². The van der Waals surface area contributed by atoms with E-state index in [1.165, 1.54) is 0 Å². The summed E-state index contributed by atoms with van der Waals surface area (Å²) in [6, 6.07) is 0. The van der Waals surface area contributed by atoms with Gasteiger partial charge in [0, 0.05) is 32.1 Å². The molecule has 0 atom stereocenters. The lowest BCUT2D eigenvalue weighted by molar-refractivity contribution is -0.138. The van der Waals surface area contributed by atoms with Crippen molar-refractivity contribution in [1.29, 1.82) is 0 Å². The van der Waals surface area contributed by atoms with Gasteiger partial charge in [-0.15, -0.1) is 0 Å². The van der Waals surface area contributed by atoms with Crippen LogP contribution in [0.5, 0.6) is 0 Å². The third-order valence-corrected chi connectivity index (χ3v) is 4.89. The minimum Gasteiger partial charge on any atom is -0.340 e. The average Bonchev–Trinajstić information content (AvgIpc) is 2.39. The Labute approximate surface area is 117 Å². The van der Waals surface area contributed by atoms with Crippen molar-refractivity contribution in [2.75, 3.05) is 50.9 Å². The number of likely N-dealkylation sites (tertiary alicyclic amines) is 1. The molecule has 17 heavy (non-hydrogen) atoms. The Balaban J connectivity index is 1.80. The number of carbonyl (C=O) groups is 1. The SMILES string of the molecule is CN1CCC(C(=O)N2CCN(CI)CC2)CC1. The van der Waals surface area contributed by atoms with E-state index in [0.717, 1.165) is 56.7 Å². The summed E-state index contributed by atoms with van der Waals surface area (Å²) in [6.07, 6.45) is 2.09. The summed E-state index contributed by atoms with van der Waals surface area (Å²) in [4.78, 5) is 19.1. The summed E-state index contributed by atoms with van der Waals surface area (Å²) in [6.45, 7) is 6.08. The van der Waals surface area contributed by atoms with Crippen molar-refractivity contribution in [3.63, 3.8) is 0 Å². The fourth-order valence-corrected chi connectivity index (χ4v) is 3.28. The molecule has 0 aromatic rings. The molecule has 2 heterocycles. The molecule has 0 bridgehead atoms. The standard InChI is InChI=1S/C12H22IN3O/c1-14-4-2-11(3-5-14)12(17)16-8-6-15(10-13)7-9-16/h11H,2-10H2,1H3. The predicted octanol–water partition coefficient (Wildman–Crippen LogP) is 0.865. The van der Waals surface area contributed by atoms with E-state index in [-0.39, 0.29) is 5.92 Å². The van der Waals surface area contributed by atoms with Crippen LogP contribution < -0.4 is 0 Å². The zero-order chi connectivity index (χ0) is 12.3. The quantitative estimate of drug-likeness (QED) is 0.420. The second kappa shape index (κ2) is 6.33. The van der Waals surface area contributed by atoms with E-state index in [1.54, 1.807) is 0 Å². The Bertz CT molecular complexity index is 258. The molecule has 2 rings (SSSR count). The number of hydrogen-bond donors (Lipinski definition) is 0. The van der Waals surface area contributed by atoms with Crippen molar-refractivity contribution in [2.45, 2.75) is 12.8 Å². The Kier molecular flexibility index (Phi) is 5.05. The van der Waals surface area contributed by atoms with Crippen molar-refractivity contribution in [2.24, 2.45) is 5.92 Å². The maximum Gasteiger partial charge on any atom is 0.225 e. The highest BCUT2D eigenvalue weighted by Crippen LogP contribution is 2.19. The normalized spacial score (nSPS) is 25.2. The molecule has 2 aliphatic heterocycles. The number of piperazine rings is 1. The van der Waals surface area contributed by atoms with Crippen molar-refractivity contribution < 1.29 is 4.79 Å². The monoisotopic (exact) mass is 351 g/mol. The molecule has 1 amide bonds. The summed E-state index contributed by atoms with van der Waals surface area (Å²) < 4.78 is 1.08. The molecule has 0 spiro atoms. The van der Waals surface area contributed by atoms with E-state index in [0.29, 0.717) is 5.91 Å². The number of piperidine rings is 1. The van der Waals surface area contributed by atoms with Crippen LogP contribution in [0.15, 0.2) is 0 Å². The molecular formula is C12H22IN3O. The average molecular weight is 351 g/mol. The molecule has 4 nitrogen and oxygen atoms in total. The Morgan fingerprint density at radius 2 is 1.71 bits per heavy atom. The number of halogens is 1. The third-order valence-electron chi connectivity index (χ3n) is 3.92. The zero-order valence-corrected chi connectivity index (χ0v) is 12.7. The van der Waals surface area contributed by atoms with Crippen LogP contribution in [0.4, 0.5) is 0 Å². The molecule has 2 fully saturated rings. The largest absolute Gasteiger partial charge is 0.340 e. The smallest absolute Gasteiger partial charge is 0.225 e. The lowest BCUT2D eigenvalue weighted by Crippen LogP contribution is -2.51. The first kappa shape index (κ1) is 13.5. The van der Waals surface area contributed by atoms with Gasteiger partial charge in [-0.2, -0.15) is 0 Å². The fraction of sp³-hybridized carbons (Fsp3) is 0.917. The first-order valence-electron chi connectivity index (χ1n) is 6.46. The molecule has 0 unspecified atom stereocenters. The summed E-state index contributed by atoms with van der Waals surface area (Å²) >= 11 is 2.39. The number of rotatable bonds is 2. The number of hydrogen-bond acceptors (Lipinski definition) is 3. The van der Waals surface area contributed by atoms with Gasteiger partial charge in [-0.3, -0.25) is 9.69 Å². The zero-order valence-electron chi connectivity index (χ0n) is 10.6. The van der Waals surface area contributed by atoms with Gasteiger partial charge in [-0.05, 0) is 33.0 Å². The molecule has 0 aliphatic carbocycles. The van der Waals surface area contributed by atoms with Gasteiger partial charge in [0.25, 0.3) is 0 Å². The van der Waals surface area contributed by atoms with Gasteiger partial charge < -0.3 is 9.80 Å². The van der Waals surface area contributed by atoms with Crippen molar-refractivity contribution >= 4 is 28.5 Å². The summed E-state index contributed by atoms with van der Waals surface area (Å²) in [5, 5.41) is 0. The lowest BCUT2D eigenvalue weighted by atomic mass is 9.95. The molecular weight excluding hydrogens is 329 g/mol. The Morgan fingerprint density at radius 3 is 2.24 bits per heavy atom. The number of amides is 1. The number of carbonyl (C=O) groups excluding carboxylic acids is 1. The van der Waals surface area contributed by atoms with E-state index in [4.69, 9.17) is 0 Å². The molecule has 0 saturated carbocycles. The molecule has 0 N–H and O–H groups in total. The van der Waals surface area contributed by atoms with E-state index in [9.17, 15) is 4.79 Å². The van der Waals surface area contributed by atoms with Crippen LogP contribution in [-0.2, 0) is 4.79 Å². The van der Waals surface area contributed by atoms with E-state index in [1.807, 2.05) is 0 Å². The Hall–Kier alpha value is 0.120. The highest BCUT2D eigenvalue weighted by molar-refractivity contribution is 14.1. The second-order valence-electron chi connectivity index (χ2n) is 5.14. The van der Waals surface area contributed by atoms with Crippen LogP contribution in [0, 0.1) is 5.92 Å². The van der Waals surface area contributed by atoms with Gasteiger partial charge in [-0.1, -0.05) is 22.6 Å². The van der Waals surface area contributed by atoms with Crippen molar-refractivity contribution in [1.82, 2.24) is 14.7 Å². The van der Waals surface area contributed by atoms with Crippen molar-refractivity contribution in [3.05, 3.63) is 0 Å². The van der Waals surface area contributed by atoms with Gasteiger partial charge in [0.1, 0.15) is 0 Å². The summed E-state index contributed by atoms with van der Waals surface area (Å²) in [5.74, 6) is 0.698. The van der Waals surface area contributed by atoms with Gasteiger partial charge in [-0.25, -0.2) is 0 Å². The molecule has 5 heteroatoms. The van der Waals surface area contributed by atoms with Crippen LogP contribution in [0.2, 0.25) is 0 Å². The Morgan fingerprint density at radius 1 is 1.12 bits per heavy atom. The van der Waals surface area contributed by atoms with Gasteiger partial charge in [0.15, 0.2) is 0 Å². The minimum absolute atomic E-state index is 0.289. The molecule has 0 aromatic heterocycles. The maximum absolute atomic E-state index is 12.3. The van der Waals surface area contributed by atoms with Crippen molar-refractivity contribution in [3.8, 4) is 0 Å². The second-order valence-corrected chi connectivity index (χ2v) is 5.82. The van der Waals surface area contributed by atoms with Gasteiger partial charge in [0.2, 0.25) is 5.91 Å². The number of alkyl halides is 1. The molecule has 0 aromatic carbocycles. The summed E-state index contributed by atoms with van der Waals surface area (Å²) in [7, 11) is 2.14. The maximum atomic E-state index is 12.3.